The quantitative estimate of drug-likeness (QED) is 0.510. The molecule has 0 aliphatic heterocycles. The third-order valence-electron chi connectivity index (χ3n) is 5.15. The number of halogens is 3. The van der Waals surface area contributed by atoms with E-state index in [0.717, 1.165) is 23.5 Å². The van der Waals surface area contributed by atoms with E-state index in [1.807, 2.05) is 42.5 Å². The first kappa shape index (κ1) is 19.1. The molecule has 0 spiro atoms. The van der Waals surface area contributed by atoms with Crippen molar-refractivity contribution in [2.75, 3.05) is 0 Å². The summed E-state index contributed by atoms with van der Waals surface area (Å²) in [6.07, 6.45) is -2.97. The lowest BCUT2D eigenvalue weighted by molar-refractivity contribution is -0.138. The van der Waals surface area contributed by atoms with Crippen LogP contribution in [0.1, 0.15) is 28.5 Å². The van der Waals surface area contributed by atoms with E-state index in [0.29, 0.717) is 5.56 Å². The van der Waals surface area contributed by atoms with Gasteiger partial charge in [0.25, 0.3) is 0 Å². The molecule has 1 aliphatic carbocycles. The van der Waals surface area contributed by atoms with Crippen molar-refractivity contribution in [2.24, 2.45) is 5.92 Å². The number of rotatable bonds is 4. The number of carbonyl (C=O) groups excluding carboxylic acids is 1. The number of hydrogen-bond donors (Lipinski definition) is 2. The summed E-state index contributed by atoms with van der Waals surface area (Å²) in [7, 11) is 0. The zero-order valence-corrected chi connectivity index (χ0v) is 15.0. The van der Waals surface area contributed by atoms with Crippen molar-refractivity contribution >= 4 is 5.91 Å². The number of amides is 1. The first-order chi connectivity index (χ1) is 13.9. The molecule has 3 atom stereocenters. The zero-order valence-electron chi connectivity index (χ0n) is 15.0. The molecule has 2 N–H and O–H groups in total. The van der Waals surface area contributed by atoms with Crippen LogP contribution >= 0.6 is 0 Å². The molecule has 29 heavy (non-hydrogen) atoms. The van der Waals surface area contributed by atoms with Gasteiger partial charge in [0.1, 0.15) is 0 Å². The van der Waals surface area contributed by atoms with Gasteiger partial charge in [0.05, 0.1) is 11.5 Å². The molecule has 148 valence electrons. The van der Waals surface area contributed by atoms with E-state index in [9.17, 15) is 18.0 Å². The van der Waals surface area contributed by atoms with Gasteiger partial charge in [-0.3, -0.25) is 10.0 Å². The van der Waals surface area contributed by atoms with Gasteiger partial charge in [-0.15, -0.1) is 0 Å². The van der Waals surface area contributed by atoms with Crippen molar-refractivity contribution in [1.29, 1.82) is 0 Å². The molecule has 1 aromatic heterocycles. The maximum Gasteiger partial charge on any atom is 0.419 e. The molecule has 3 aromatic rings. The SMILES string of the molecule is O=C(NO)[C@@H]1[C@H](c2ccccc2)[C@H]1c1ccc(-c2ncc(C(F)(F)F)cn2)cc1. The van der Waals surface area contributed by atoms with Gasteiger partial charge in [-0.1, -0.05) is 54.6 Å². The average Bonchev–Trinajstić information content (AvgIpc) is 3.49. The summed E-state index contributed by atoms with van der Waals surface area (Å²) < 4.78 is 37.9. The summed E-state index contributed by atoms with van der Waals surface area (Å²) in [4.78, 5) is 19.7. The lowest BCUT2D eigenvalue weighted by atomic mass is 10.0. The third kappa shape index (κ3) is 3.71. The highest BCUT2D eigenvalue weighted by atomic mass is 19.4. The molecule has 0 bridgehead atoms. The lowest BCUT2D eigenvalue weighted by Crippen LogP contribution is -2.21. The van der Waals surface area contributed by atoms with Crippen LogP contribution in [0.4, 0.5) is 13.2 Å². The second kappa shape index (κ2) is 7.29. The summed E-state index contributed by atoms with van der Waals surface area (Å²) >= 11 is 0. The van der Waals surface area contributed by atoms with Crippen molar-refractivity contribution in [3.05, 3.63) is 83.7 Å². The minimum atomic E-state index is -4.48. The number of benzene rings is 2. The number of aromatic nitrogens is 2. The van der Waals surface area contributed by atoms with Crippen LogP contribution in [-0.2, 0) is 11.0 Å². The van der Waals surface area contributed by atoms with Crippen molar-refractivity contribution in [2.45, 2.75) is 18.0 Å². The molecule has 0 unspecified atom stereocenters. The molecular formula is C21H16F3N3O2. The van der Waals surface area contributed by atoms with Gasteiger partial charge in [0.2, 0.25) is 5.91 Å². The molecule has 0 radical (unpaired) electrons. The predicted molar refractivity (Wildman–Crippen MR) is 97.8 cm³/mol. The highest BCUT2D eigenvalue weighted by Gasteiger charge is 2.56. The van der Waals surface area contributed by atoms with Gasteiger partial charge in [-0.05, 0) is 11.1 Å². The van der Waals surface area contributed by atoms with E-state index in [2.05, 4.69) is 9.97 Å². The summed E-state index contributed by atoms with van der Waals surface area (Å²) in [5.74, 6) is -0.817. The highest BCUT2D eigenvalue weighted by molar-refractivity contribution is 5.84. The average molecular weight is 399 g/mol. The Hall–Kier alpha value is -3.26. The van der Waals surface area contributed by atoms with Crippen molar-refractivity contribution in [1.82, 2.24) is 15.4 Å². The Morgan fingerprint density at radius 2 is 1.45 bits per heavy atom. The number of nitrogens with one attached hydrogen (secondary N) is 1. The molecule has 1 fully saturated rings. The Labute approximate surface area is 164 Å². The van der Waals surface area contributed by atoms with Gasteiger partial charge in [0.15, 0.2) is 5.82 Å². The van der Waals surface area contributed by atoms with E-state index >= 15 is 0 Å². The van der Waals surface area contributed by atoms with Gasteiger partial charge in [0, 0.05) is 29.8 Å². The van der Waals surface area contributed by atoms with Crippen LogP contribution < -0.4 is 5.48 Å². The van der Waals surface area contributed by atoms with E-state index in [1.165, 1.54) is 0 Å². The molecule has 1 amide bonds. The van der Waals surface area contributed by atoms with E-state index in [-0.39, 0.29) is 17.7 Å². The lowest BCUT2D eigenvalue weighted by Gasteiger charge is -2.07. The molecule has 1 heterocycles. The number of hydroxylamine groups is 1. The molecule has 1 saturated carbocycles. The maximum atomic E-state index is 12.6. The fourth-order valence-corrected chi connectivity index (χ4v) is 3.69. The van der Waals surface area contributed by atoms with Crippen LogP contribution in [0.5, 0.6) is 0 Å². The molecule has 4 rings (SSSR count). The van der Waals surface area contributed by atoms with E-state index < -0.39 is 23.6 Å². The van der Waals surface area contributed by atoms with Gasteiger partial charge in [-0.25, -0.2) is 15.4 Å². The first-order valence-corrected chi connectivity index (χ1v) is 8.88. The van der Waals surface area contributed by atoms with Crippen molar-refractivity contribution < 1.29 is 23.2 Å². The van der Waals surface area contributed by atoms with Crippen LogP contribution in [0.3, 0.4) is 0 Å². The smallest absolute Gasteiger partial charge is 0.289 e. The minimum absolute atomic E-state index is 0.0588. The molecule has 0 saturated heterocycles. The summed E-state index contributed by atoms with van der Waals surface area (Å²) in [5.41, 5.74) is 3.29. The summed E-state index contributed by atoms with van der Waals surface area (Å²) in [6, 6.07) is 16.6. The first-order valence-electron chi connectivity index (χ1n) is 8.88. The van der Waals surface area contributed by atoms with Gasteiger partial charge < -0.3 is 0 Å². The Kier molecular flexibility index (Phi) is 4.79. The van der Waals surface area contributed by atoms with Crippen LogP contribution in [0.2, 0.25) is 0 Å². The second-order valence-corrected chi connectivity index (χ2v) is 6.88. The zero-order chi connectivity index (χ0) is 20.6. The molecular weight excluding hydrogens is 383 g/mol. The summed E-state index contributed by atoms with van der Waals surface area (Å²) in [5, 5.41) is 9.05. The predicted octanol–water partition coefficient (Wildman–Crippen LogP) is 4.17. The number of hydrogen-bond acceptors (Lipinski definition) is 4. The van der Waals surface area contributed by atoms with Gasteiger partial charge in [-0.2, -0.15) is 13.2 Å². The van der Waals surface area contributed by atoms with E-state index in [1.54, 1.807) is 17.6 Å². The number of alkyl halides is 3. The fraction of sp³-hybridized carbons (Fsp3) is 0.190. The minimum Gasteiger partial charge on any atom is -0.289 e. The summed E-state index contributed by atoms with van der Waals surface area (Å²) in [6.45, 7) is 0. The molecule has 1 aliphatic rings. The Morgan fingerprint density at radius 3 is 1.97 bits per heavy atom. The van der Waals surface area contributed by atoms with Crippen molar-refractivity contribution in [3.8, 4) is 11.4 Å². The maximum absolute atomic E-state index is 12.6. The second-order valence-electron chi connectivity index (χ2n) is 6.88. The number of carbonyl (C=O) groups is 1. The third-order valence-corrected chi connectivity index (χ3v) is 5.15. The van der Waals surface area contributed by atoms with Crippen LogP contribution in [0.15, 0.2) is 67.0 Å². The number of nitrogens with zero attached hydrogens (tertiary/aromatic N) is 2. The normalized spacial score (nSPS) is 20.9. The monoisotopic (exact) mass is 399 g/mol. The Balaban J connectivity index is 1.58. The van der Waals surface area contributed by atoms with E-state index in [4.69, 9.17) is 5.21 Å². The standard InChI is InChI=1S/C21H16F3N3O2/c22-21(23,24)15-10-25-19(26-11-15)14-8-6-13(7-9-14)17-16(18(17)20(28)27-29)12-4-2-1-3-5-12/h1-11,16-18,29H,(H,27,28)/t16-,17-,18-/m1/s1. The molecule has 8 heteroatoms. The Bertz CT molecular complexity index is 1010. The topological polar surface area (TPSA) is 75.1 Å². The van der Waals surface area contributed by atoms with Crippen LogP contribution in [0.25, 0.3) is 11.4 Å². The van der Waals surface area contributed by atoms with Crippen molar-refractivity contribution in [3.63, 3.8) is 0 Å². The van der Waals surface area contributed by atoms with Crippen LogP contribution in [0, 0.1) is 5.92 Å². The Morgan fingerprint density at radius 1 is 0.897 bits per heavy atom. The van der Waals surface area contributed by atoms with Gasteiger partial charge >= 0.3 is 6.18 Å². The molecule has 5 nitrogen and oxygen atoms in total. The fourth-order valence-electron chi connectivity index (χ4n) is 3.69. The van der Waals surface area contributed by atoms with Crippen LogP contribution in [-0.4, -0.2) is 21.1 Å². The molecule has 2 aromatic carbocycles. The highest BCUT2D eigenvalue weighted by Crippen LogP contribution is 2.60. The largest absolute Gasteiger partial charge is 0.419 e.